The average molecular weight is 367 g/mol. The third kappa shape index (κ3) is 4.28. The molecule has 0 unspecified atom stereocenters. The fourth-order valence-corrected chi connectivity index (χ4v) is 2.82. The summed E-state index contributed by atoms with van der Waals surface area (Å²) in [6.45, 7) is 7.51. The lowest BCUT2D eigenvalue weighted by Crippen LogP contribution is -2.07. The highest BCUT2D eigenvalue weighted by atomic mass is 16.5. The van der Waals surface area contributed by atoms with Crippen LogP contribution >= 0.6 is 0 Å². The van der Waals surface area contributed by atoms with E-state index in [1.165, 1.54) is 12.1 Å². The largest absolute Gasteiger partial charge is 0.491 e. The van der Waals surface area contributed by atoms with E-state index in [9.17, 15) is 9.90 Å². The van der Waals surface area contributed by atoms with Gasteiger partial charge in [0.25, 0.3) is 0 Å². The molecule has 6 nitrogen and oxygen atoms in total. The number of carboxylic acid groups (broad SMARTS) is 1. The van der Waals surface area contributed by atoms with Crippen LogP contribution in [0.3, 0.4) is 0 Å². The molecule has 0 saturated heterocycles. The van der Waals surface area contributed by atoms with Crippen LogP contribution < -0.4 is 9.47 Å². The highest BCUT2D eigenvalue weighted by Gasteiger charge is 2.13. The number of benzene rings is 2. The van der Waals surface area contributed by atoms with Gasteiger partial charge in [0.1, 0.15) is 23.0 Å². The van der Waals surface area contributed by atoms with Crippen molar-refractivity contribution in [3.8, 4) is 28.4 Å². The molecule has 0 radical (unpaired) electrons. The number of aromatic nitrogens is 1. The first-order chi connectivity index (χ1) is 12.8. The Labute approximate surface area is 157 Å². The third-order valence-corrected chi connectivity index (χ3v) is 3.91. The Kier molecular flexibility index (Phi) is 5.16. The number of carboxylic acids is 1. The van der Waals surface area contributed by atoms with E-state index in [1.807, 2.05) is 52.0 Å². The maximum atomic E-state index is 11.4. The van der Waals surface area contributed by atoms with E-state index < -0.39 is 5.97 Å². The Morgan fingerprint density at radius 2 is 1.70 bits per heavy atom. The summed E-state index contributed by atoms with van der Waals surface area (Å²) in [5.41, 5.74) is 2.87. The highest BCUT2D eigenvalue weighted by Crippen LogP contribution is 2.31. The zero-order valence-electron chi connectivity index (χ0n) is 15.6. The lowest BCUT2D eigenvalue weighted by Gasteiger charge is -2.13. The van der Waals surface area contributed by atoms with Gasteiger partial charge in [0.2, 0.25) is 0 Å². The van der Waals surface area contributed by atoms with E-state index >= 15 is 0 Å². The van der Waals surface area contributed by atoms with Crippen LogP contribution in [0.25, 0.3) is 11.1 Å². The van der Waals surface area contributed by atoms with Crippen molar-refractivity contribution >= 4 is 5.97 Å². The second-order valence-electron chi connectivity index (χ2n) is 6.49. The predicted octanol–water partition coefficient (Wildman–Crippen LogP) is 5.24. The number of aryl methyl sites for hydroxylation is 2. The maximum Gasteiger partial charge on any atom is 0.335 e. The van der Waals surface area contributed by atoms with Gasteiger partial charge < -0.3 is 19.1 Å². The molecule has 0 aliphatic heterocycles. The molecule has 27 heavy (non-hydrogen) atoms. The Bertz CT molecular complexity index is 938. The number of rotatable bonds is 6. The number of nitrogens with zero attached hydrogens (tertiary/aromatic N) is 1. The lowest BCUT2D eigenvalue weighted by molar-refractivity contribution is 0.0695. The first-order valence-electron chi connectivity index (χ1n) is 8.59. The monoisotopic (exact) mass is 367 g/mol. The summed E-state index contributed by atoms with van der Waals surface area (Å²) >= 11 is 0. The summed E-state index contributed by atoms with van der Waals surface area (Å²) < 4.78 is 16.7. The summed E-state index contributed by atoms with van der Waals surface area (Å²) in [4.78, 5) is 11.4. The molecule has 1 N–H and O–H groups in total. The van der Waals surface area contributed by atoms with Crippen molar-refractivity contribution in [2.75, 3.05) is 0 Å². The van der Waals surface area contributed by atoms with E-state index in [1.54, 1.807) is 6.07 Å². The van der Waals surface area contributed by atoms with Crippen molar-refractivity contribution in [1.82, 2.24) is 5.16 Å². The van der Waals surface area contributed by atoms with Crippen LogP contribution in [0.2, 0.25) is 0 Å². The average Bonchev–Trinajstić information content (AvgIpc) is 2.93. The third-order valence-electron chi connectivity index (χ3n) is 3.91. The fraction of sp³-hybridized carbons (Fsp3) is 0.238. The van der Waals surface area contributed by atoms with Gasteiger partial charge in [-0.2, -0.15) is 0 Å². The van der Waals surface area contributed by atoms with Gasteiger partial charge >= 0.3 is 5.97 Å². The van der Waals surface area contributed by atoms with E-state index in [4.69, 9.17) is 14.0 Å². The maximum absolute atomic E-state index is 11.4. The van der Waals surface area contributed by atoms with Crippen LogP contribution in [0.5, 0.6) is 17.2 Å². The summed E-state index contributed by atoms with van der Waals surface area (Å²) in [5, 5.41) is 13.3. The Hall–Kier alpha value is -3.28. The minimum absolute atomic E-state index is 0.0729. The van der Waals surface area contributed by atoms with Crippen molar-refractivity contribution in [2.45, 2.75) is 33.8 Å². The number of aromatic carboxylic acids is 1. The molecule has 0 amide bonds. The molecule has 1 aromatic heterocycles. The van der Waals surface area contributed by atoms with Gasteiger partial charge in [0.15, 0.2) is 0 Å². The van der Waals surface area contributed by atoms with E-state index in [0.717, 1.165) is 22.6 Å². The summed E-state index contributed by atoms with van der Waals surface area (Å²) in [6, 6.07) is 12.1. The molecular weight excluding hydrogens is 346 g/mol. The molecule has 140 valence electrons. The van der Waals surface area contributed by atoms with Crippen LogP contribution in [-0.2, 0) is 0 Å². The first-order valence-corrected chi connectivity index (χ1v) is 8.59. The van der Waals surface area contributed by atoms with Gasteiger partial charge in [-0.3, -0.25) is 0 Å². The second-order valence-corrected chi connectivity index (χ2v) is 6.49. The SMILES string of the molecule is Cc1noc(C)c1-c1ccc(Oc2cc(OC(C)C)cc(C(=O)O)c2)cc1. The Morgan fingerprint density at radius 1 is 1.04 bits per heavy atom. The predicted molar refractivity (Wildman–Crippen MR) is 101 cm³/mol. The zero-order valence-corrected chi connectivity index (χ0v) is 15.6. The van der Waals surface area contributed by atoms with Gasteiger partial charge in [-0.05, 0) is 57.5 Å². The molecule has 0 aliphatic carbocycles. The van der Waals surface area contributed by atoms with Crippen LogP contribution in [0.15, 0.2) is 47.0 Å². The summed E-state index contributed by atoms with van der Waals surface area (Å²) in [5.74, 6) is 1.15. The topological polar surface area (TPSA) is 81.8 Å². The number of hydrogen-bond donors (Lipinski definition) is 1. The van der Waals surface area contributed by atoms with Crippen molar-refractivity contribution < 1.29 is 23.9 Å². The number of ether oxygens (including phenoxy) is 2. The van der Waals surface area contributed by atoms with Crippen molar-refractivity contribution in [1.29, 1.82) is 0 Å². The van der Waals surface area contributed by atoms with Crippen LogP contribution in [0.1, 0.15) is 35.7 Å². The smallest absolute Gasteiger partial charge is 0.335 e. The minimum atomic E-state index is -1.04. The molecule has 0 aliphatic rings. The minimum Gasteiger partial charge on any atom is -0.491 e. The van der Waals surface area contributed by atoms with Crippen LogP contribution in [0, 0.1) is 13.8 Å². The summed E-state index contributed by atoms with van der Waals surface area (Å²) in [6.07, 6.45) is -0.0729. The molecule has 3 aromatic rings. The van der Waals surface area contributed by atoms with Gasteiger partial charge in [0.05, 0.1) is 17.4 Å². The first kappa shape index (κ1) is 18.5. The fourth-order valence-electron chi connectivity index (χ4n) is 2.82. The molecule has 0 saturated carbocycles. The van der Waals surface area contributed by atoms with Gasteiger partial charge in [0, 0.05) is 11.6 Å². The van der Waals surface area contributed by atoms with E-state index in [-0.39, 0.29) is 11.7 Å². The summed E-state index contributed by atoms with van der Waals surface area (Å²) in [7, 11) is 0. The van der Waals surface area contributed by atoms with Gasteiger partial charge in [-0.25, -0.2) is 4.79 Å². The van der Waals surface area contributed by atoms with Crippen molar-refractivity contribution in [3.63, 3.8) is 0 Å². The highest BCUT2D eigenvalue weighted by molar-refractivity contribution is 5.88. The van der Waals surface area contributed by atoms with Gasteiger partial charge in [-0.15, -0.1) is 0 Å². The van der Waals surface area contributed by atoms with Crippen molar-refractivity contribution in [2.24, 2.45) is 0 Å². The molecule has 1 heterocycles. The molecule has 6 heteroatoms. The second kappa shape index (κ2) is 7.53. The molecular formula is C21H21NO5. The van der Waals surface area contributed by atoms with Crippen LogP contribution in [0.4, 0.5) is 0 Å². The molecule has 0 spiro atoms. The zero-order chi connectivity index (χ0) is 19.6. The standard InChI is InChI=1S/C21H21NO5/c1-12(2)25-18-9-16(21(23)24)10-19(11-18)26-17-7-5-15(6-8-17)20-13(3)22-27-14(20)4/h5-12H,1-4H3,(H,23,24). The molecule has 0 fully saturated rings. The quantitative estimate of drug-likeness (QED) is 0.642. The lowest BCUT2D eigenvalue weighted by atomic mass is 10.0. The molecule has 3 rings (SSSR count). The Balaban J connectivity index is 1.86. The molecule has 0 bridgehead atoms. The molecule has 2 aromatic carbocycles. The van der Waals surface area contributed by atoms with Crippen molar-refractivity contribution in [3.05, 3.63) is 59.5 Å². The normalized spacial score (nSPS) is 10.9. The number of hydrogen-bond acceptors (Lipinski definition) is 5. The van der Waals surface area contributed by atoms with E-state index in [0.29, 0.717) is 17.2 Å². The molecule has 0 atom stereocenters. The van der Waals surface area contributed by atoms with Crippen LogP contribution in [-0.4, -0.2) is 22.3 Å². The number of carbonyl (C=O) groups is 1. The van der Waals surface area contributed by atoms with E-state index in [2.05, 4.69) is 5.16 Å². The van der Waals surface area contributed by atoms with Gasteiger partial charge in [-0.1, -0.05) is 17.3 Å². The Morgan fingerprint density at radius 3 is 2.26 bits per heavy atom.